The molecule has 1 unspecified atom stereocenters. The Balaban J connectivity index is 2.39. The molecule has 2 rings (SSSR count). The molecule has 2 aromatic rings. The minimum Gasteiger partial charge on any atom is -0.0582 e. The van der Waals surface area contributed by atoms with Gasteiger partial charge in [-0.2, -0.15) is 0 Å². The Morgan fingerprint density at radius 2 is 1.59 bits per heavy atom. The average Bonchev–Trinajstić information content (AvgIpc) is 2.32. The summed E-state index contributed by atoms with van der Waals surface area (Å²) in [7, 11) is 0. The molecule has 0 saturated carbocycles. The summed E-state index contributed by atoms with van der Waals surface area (Å²) in [6, 6.07) is 15.0. The van der Waals surface area contributed by atoms with Gasteiger partial charge >= 0.3 is 0 Å². The van der Waals surface area contributed by atoms with Crippen molar-refractivity contribution in [3.05, 3.63) is 68.1 Å². The van der Waals surface area contributed by atoms with E-state index in [0.29, 0.717) is 5.92 Å². The first-order chi connectivity index (χ1) is 8.08. The van der Waals surface area contributed by atoms with Crippen LogP contribution in [0.4, 0.5) is 0 Å². The van der Waals surface area contributed by atoms with E-state index in [0.717, 1.165) is 4.47 Å². The first kappa shape index (κ1) is 12.8. The van der Waals surface area contributed by atoms with Crippen LogP contribution in [0.15, 0.2) is 51.4 Å². The van der Waals surface area contributed by atoms with E-state index in [9.17, 15) is 0 Å². The van der Waals surface area contributed by atoms with Crippen molar-refractivity contribution in [1.82, 2.24) is 0 Å². The quantitative estimate of drug-likeness (QED) is 0.652. The SMILES string of the molecule is Cc1ccc(Br)c(C(C)c2ccc(Br)cc2)c1. The molecule has 0 spiro atoms. The number of rotatable bonds is 2. The fraction of sp³-hybridized carbons (Fsp3) is 0.200. The lowest BCUT2D eigenvalue weighted by molar-refractivity contribution is 0.913. The van der Waals surface area contributed by atoms with E-state index in [1.165, 1.54) is 21.2 Å². The minimum atomic E-state index is 0.400. The van der Waals surface area contributed by atoms with E-state index >= 15 is 0 Å². The van der Waals surface area contributed by atoms with Gasteiger partial charge in [0.25, 0.3) is 0 Å². The summed E-state index contributed by atoms with van der Waals surface area (Å²) in [6.07, 6.45) is 0. The molecule has 0 saturated heterocycles. The van der Waals surface area contributed by atoms with Gasteiger partial charge in [-0.05, 0) is 36.2 Å². The van der Waals surface area contributed by atoms with Crippen molar-refractivity contribution in [1.29, 1.82) is 0 Å². The molecule has 0 aliphatic carbocycles. The first-order valence-electron chi connectivity index (χ1n) is 5.59. The van der Waals surface area contributed by atoms with Gasteiger partial charge in [0, 0.05) is 14.9 Å². The van der Waals surface area contributed by atoms with Gasteiger partial charge in [0.15, 0.2) is 0 Å². The Labute approximate surface area is 119 Å². The maximum atomic E-state index is 3.63. The lowest BCUT2D eigenvalue weighted by Crippen LogP contribution is -1.97. The normalized spacial score (nSPS) is 12.5. The highest BCUT2D eigenvalue weighted by Crippen LogP contribution is 2.31. The molecule has 0 bridgehead atoms. The highest BCUT2D eigenvalue weighted by atomic mass is 79.9. The number of aryl methyl sites for hydroxylation is 1. The molecule has 17 heavy (non-hydrogen) atoms. The summed E-state index contributed by atoms with van der Waals surface area (Å²) in [5.74, 6) is 0.400. The molecule has 0 fully saturated rings. The zero-order valence-corrected chi connectivity index (χ0v) is 13.0. The largest absolute Gasteiger partial charge is 0.0582 e. The zero-order chi connectivity index (χ0) is 12.4. The van der Waals surface area contributed by atoms with Crippen LogP contribution in [0.2, 0.25) is 0 Å². The zero-order valence-electron chi connectivity index (χ0n) is 9.87. The molecule has 0 amide bonds. The van der Waals surface area contributed by atoms with Crippen LogP contribution in [0.25, 0.3) is 0 Å². The summed E-state index contributed by atoms with van der Waals surface area (Å²) in [6.45, 7) is 4.37. The first-order valence-corrected chi connectivity index (χ1v) is 7.18. The number of hydrogen-bond donors (Lipinski definition) is 0. The maximum Gasteiger partial charge on any atom is 0.0213 e. The summed E-state index contributed by atoms with van der Waals surface area (Å²) in [4.78, 5) is 0. The van der Waals surface area contributed by atoms with Crippen LogP contribution in [0.3, 0.4) is 0 Å². The number of halogens is 2. The van der Waals surface area contributed by atoms with E-state index < -0.39 is 0 Å². The second-order valence-electron chi connectivity index (χ2n) is 4.30. The predicted molar refractivity (Wildman–Crippen MR) is 80.5 cm³/mol. The van der Waals surface area contributed by atoms with Crippen LogP contribution in [0.1, 0.15) is 29.5 Å². The average molecular weight is 354 g/mol. The Morgan fingerprint density at radius 1 is 0.941 bits per heavy atom. The van der Waals surface area contributed by atoms with Crippen molar-refractivity contribution in [2.24, 2.45) is 0 Å². The summed E-state index contributed by atoms with van der Waals surface area (Å²) in [5, 5.41) is 0. The third-order valence-electron chi connectivity index (χ3n) is 2.99. The molecule has 2 heteroatoms. The minimum absolute atomic E-state index is 0.400. The number of benzene rings is 2. The smallest absolute Gasteiger partial charge is 0.0213 e. The standard InChI is InChI=1S/C15H14Br2/c1-10-3-8-15(17)14(9-10)11(2)12-4-6-13(16)7-5-12/h3-9,11H,1-2H3. The van der Waals surface area contributed by atoms with Gasteiger partial charge in [-0.25, -0.2) is 0 Å². The van der Waals surface area contributed by atoms with Gasteiger partial charge in [0.2, 0.25) is 0 Å². The van der Waals surface area contributed by atoms with Crippen LogP contribution in [-0.2, 0) is 0 Å². The van der Waals surface area contributed by atoms with E-state index in [1.807, 2.05) is 0 Å². The maximum absolute atomic E-state index is 3.63. The highest BCUT2D eigenvalue weighted by molar-refractivity contribution is 9.10. The Bertz CT molecular complexity index is 515. The molecular formula is C15H14Br2. The highest BCUT2D eigenvalue weighted by Gasteiger charge is 2.11. The summed E-state index contributed by atoms with van der Waals surface area (Å²) >= 11 is 7.10. The van der Waals surface area contributed by atoms with Crippen molar-refractivity contribution in [3.63, 3.8) is 0 Å². The predicted octanol–water partition coefficient (Wildman–Crippen LogP) is 5.67. The molecule has 2 aromatic carbocycles. The number of hydrogen-bond acceptors (Lipinski definition) is 0. The Morgan fingerprint density at radius 3 is 2.24 bits per heavy atom. The van der Waals surface area contributed by atoms with Crippen LogP contribution in [-0.4, -0.2) is 0 Å². The summed E-state index contributed by atoms with van der Waals surface area (Å²) in [5.41, 5.74) is 3.97. The van der Waals surface area contributed by atoms with E-state index in [4.69, 9.17) is 0 Å². The molecule has 0 heterocycles. The lowest BCUT2D eigenvalue weighted by Gasteiger charge is -2.15. The van der Waals surface area contributed by atoms with Gasteiger partial charge in [-0.1, -0.05) is 68.6 Å². The molecular weight excluding hydrogens is 340 g/mol. The molecule has 0 nitrogen and oxygen atoms in total. The van der Waals surface area contributed by atoms with Crippen molar-refractivity contribution in [2.45, 2.75) is 19.8 Å². The fourth-order valence-corrected chi connectivity index (χ4v) is 2.78. The molecule has 0 aliphatic heterocycles. The van der Waals surface area contributed by atoms with E-state index in [-0.39, 0.29) is 0 Å². The molecule has 88 valence electrons. The molecule has 1 atom stereocenters. The van der Waals surface area contributed by atoms with Crippen LogP contribution in [0.5, 0.6) is 0 Å². The van der Waals surface area contributed by atoms with E-state index in [2.05, 4.69) is 88.2 Å². The monoisotopic (exact) mass is 352 g/mol. The van der Waals surface area contributed by atoms with Gasteiger partial charge in [0.1, 0.15) is 0 Å². The van der Waals surface area contributed by atoms with Crippen LogP contribution >= 0.6 is 31.9 Å². The van der Waals surface area contributed by atoms with Crippen molar-refractivity contribution in [3.8, 4) is 0 Å². The van der Waals surface area contributed by atoms with E-state index in [1.54, 1.807) is 0 Å². The van der Waals surface area contributed by atoms with Gasteiger partial charge < -0.3 is 0 Å². The molecule has 0 aliphatic rings. The van der Waals surface area contributed by atoms with Crippen LogP contribution in [0, 0.1) is 6.92 Å². The Hall–Kier alpha value is -0.600. The van der Waals surface area contributed by atoms with Crippen molar-refractivity contribution < 1.29 is 0 Å². The second-order valence-corrected chi connectivity index (χ2v) is 6.07. The topological polar surface area (TPSA) is 0 Å². The third kappa shape index (κ3) is 2.99. The molecule has 0 aromatic heterocycles. The fourth-order valence-electron chi connectivity index (χ4n) is 1.93. The van der Waals surface area contributed by atoms with Gasteiger partial charge in [-0.15, -0.1) is 0 Å². The summed E-state index contributed by atoms with van der Waals surface area (Å²) < 4.78 is 2.30. The van der Waals surface area contributed by atoms with Crippen molar-refractivity contribution in [2.75, 3.05) is 0 Å². The van der Waals surface area contributed by atoms with Gasteiger partial charge in [-0.3, -0.25) is 0 Å². The van der Waals surface area contributed by atoms with Crippen molar-refractivity contribution >= 4 is 31.9 Å². The third-order valence-corrected chi connectivity index (χ3v) is 4.24. The lowest BCUT2D eigenvalue weighted by atomic mass is 9.92. The van der Waals surface area contributed by atoms with Crippen LogP contribution < -0.4 is 0 Å². The molecule has 0 N–H and O–H groups in total. The Kier molecular flexibility index (Phi) is 4.05. The second kappa shape index (κ2) is 5.36. The molecule has 0 radical (unpaired) electrons. The van der Waals surface area contributed by atoms with Gasteiger partial charge in [0.05, 0.1) is 0 Å².